The molecule has 2 unspecified atom stereocenters. The van der Waals surface area contributed by atoms with Crippen molar-refractivity contribution in [3.05, 3.63) is 30.3 Å². The molecule has 0 heterocycles. The predicted molar refractivity (Wildman–Crippen MR) is 102 cm³/mol. The van der Waals surface area contributed by atoms with E-state index in [4.69, 9.17) is 4.74 Å². The highest BCUT2D eigenvalue weighted by Gasteiger charge is 2.41. The summed E-state index contributed by atoms with van der Waals surface area (Å²) in [6, 6.07) is 6.96. The summed E-state index contributed by atoms with van der Waals surface area (Å²) < 4.78 is 5.13. The Morgan fingerprint density at radius 1 is 1.21 bits per heavy atom. The molecular formula is C19H25N3O7. The van der Waals surface area contributed by atoms with Crippen LogP contribution in [0, 0.1) is 0 Å². The van der Waals surface area contributed by atoms with Gasteiger partial charge < -0.3 is 14.9 Å². The van der Waals surface area contributed by atoms with Crippen LogP contribution in [0.3, 0.4) is 0 Å². The van der Waals surface area contributed by atoms with Crippen molar-refractivity contribution < 1.29 is 34.5 Å². The Bertz CT molecular complexity index is 729. The Labute approximate surface area is 168 Å². The summed E-state index contributed by atoms with van der Waals surface area (Å²) in [7, 11) is 0. The van der Waals surface area contributed by atoms with Gasteiger partial charge in [0.1, 0.15) is 12.1 Å². The highest BCUT2D eigenvalue weighted by molar-refractivity contribution is 5.82. The maximum absolute atomic E-state index is 12.4. The lowest BCUT2D eigenvalue weighted by Crippen LogP contribution is -2.54. The number of anilines is 1. The SMILES string of the molecule is C[C@@](O)(C(=O)OC(CO)C(CCCCCN=C=O)N=C=O)N(O)c1ccccc1. The van der Waals surface area contributed by atoms with Gasteiger partial charge in [-0.05, 0) is 31.9 Å². The number of unbranched alkanes of at least 4 members (excludes halogenated alkanes) is 2. The number of hydrogen-bond donors (Lipinski definition) is 3. The van der Waals surface area contributed by atoms with Gasteiger partial charge in [0.2, 0.25) is 12.2 Å². The zero-order valence-corrected chi connectivity index (χ0v) is 16.1. The molecule has 0 fully saturated rings. The Balaban J connectivity index is 2.76. The fourth-order valence-corrected chi connectivity index (χ4v) is 2.56. The third-order valence-corrected chi connectivity index (χ3v) is 4.22. The van der Waals surface area contributed by atoms with E-state index in [0.717, 1.165) is 6.92 Å². The first-order valence-electron chi connectivity index (χ1n) is 9.07. The van der Waals surface area contributed by atoms with Crippen molar-refractivity contribution >= 4 is 23.8 Å². The Kier molecular flexibility index (Phi) is 10.5. The monoisotopic (exact) mass is 407 g/mol. The standard InChI is InChI=1S/C19H25N3O7/c1-19(27,22(28)15-8-4-2-5-9-15)18(26)29-17(12-23)16(21-14-25)10-6-3-7-11-20-13-24/h2,4-5,8-9,16-17,23,27-28H,3,6-7,10-12H2,1H3/t16?,17?,19-/m1/s1. The van der Waals surface area contributed by atoms with E-state index in [1.807, 2.05) is 0 Å². The van der Waals surface area contributed by atoms with Crippen LogP contribution >= 0.6 is 0 Å². The number of aliphatic hydroxyl groups excluding tert-OH is 1. The maximum Gasteiger partial charge on any atom is 0.362 e. The molecule has 158 valence electrons. The van der Waals surface area contributed by atoms with Gasteiger partial charge in [0, 0.05) is 0 Å². The van der Waals surface area contributed by atoms with E-state index in [1.54, 1.807) is 18.2 Å². The molecule has 0 aliphatic rings. The summed E-state index contributed by atoms with van der Waals surface area (Å²) in [5.74, 6) is -1.23. The van der Waals surface area contributed by atoms with E-state index in [0.29, 0.717) is 37.3 Å². The molecule has 0 saturated carbocycles. The maximum atomic E-state index is 12.4. The summed E-state index contributed by atoms with van der Waals surface area (Å²) >= 11 is 0. The molecule has 0 spiro atoms. The molecule has 0 aromatic heterocycles. The lowest BCUT2D eigenvalue weighted by molar-refractivity contribution is -0.178. The van der Waals surface area contributed by atoms with Gasteiger partial charge in [-0.1, -0.05) is 31.0 Å². The largest absolute Gasteiger partial charge is 0.454 e. The van der Waals surface area contributed by atoms with Gasteiger partial charge in [0.05, 0.1) is 18.8 Å². The van der Waals surface area contributed by atoms with Crippen molar-refractivity contribution in [1.82, 2.24) is 0 Å². The average Bonchev–Trinajstić information content (AvgIpc) is 2.73. The molecule has 10 heteroatoms. The van der Waals surface area contributed by atoms with Crippen LogP contribution in [0.1, 0.15) is 32.6 Å². The highest BCUT2D eigenvalue weighted by Crippen LogP contribution is 2.23. The smallest absolute Gasteiger partial charge is 0.362 e. The van der Waals surface area contributed by atoms with Gasteiger partial charge >= 0.3 is 5.97 Å². The third-order valence-electron chi connectivity index (χ3n) is 4.22. The Morgan fingerprint density at radius 2 is 1.90 bits per heavy atom. The van der Waals surface area contributed by atoms with Crippen molar-refractivity contribution in [3.63, 3.8) is 0 Å². The molecule has 1 rings (SSSR count). The average molecular weight is 407 g/mol. The second-order valence-corrected chi connectivity index (χ2v) is 6.40. The lowest BCUT2D eigenvalue weighted by atomic mass is 10.0. The second-order valence-electron chi connectivity index (χ2n) is 6.40. The quantitative estimate of drug-likeness (QED) is 0.110. The van der Waals surface area contributed by atoms with E-state index in [2.05, 4.69) is 9.98 Å². The van der Waals surface area contributed by atoms with Crippen LogP contribution < -0.4 is 5.06 Å². The predicted octanol–water partition coefficient (Wildman–Crippen LogP) is 1.10. The van der Waals surface area contributed by atoms with Crippen LogP contribution in [0.4, 0.5) is 5.69 Å². The molecule has 0 radical (unpaired) electrons. The molecule has 3 atom stereocenters. The van der Waals surface area contributed by atoms with E-state index in [-0.39, 0.29) is 5.69 Å². The summed E-state index contributed by atoms with van der Waals surface area (Å²) in [4.78, 5) is 40.2. The zero-order valence-electron chi connectivity index (χ0n) is 16.1. The summed E-state index contributed by atoms with van der Waals surface area (Å²) in [6.07, 6.45) is 3.75. The Hall–Kier alpha value is -2.87. The molecule has 0 amide bonds. The molecule has 3 N–H and O–H groups in total. The van der Waals surface area contributed by atoms with Gasteiger partial charge in [-0.15, -0.1) is 0 Å². The number of esters is 1. The number of ether oxygens (including phenoxy) is 1. The normalized spacial score (nSPS) is 14.5. The van der Waals surface area contributed by atoms with Crippen molar-refractivity contribution in [3.8, 4) is 0 Å². The zero-order chi connectivity index (χ0) is 21.7. The number of hydrogen-bond acceptors (Lipinski definition) is 10. The molecular weight excluding hydrogens is 382 g/mol. The number of para-hydroxylation sites is 1. The van der Waals surface area contributed by atoms with Crippen molar-refractivity contribution in [2.75, 3.05) is 18.2 Å². The van der Waals surface area contributed by atoms with Gasteiger partial charge in [0.25, 0.3) is 5.72 Å². The van der Waals surface area contributed by atoms with E-state index >= 15 is 0 Å². The number of carbonyl (C=O) groups is 1. The van der Waals surface area contributed by atoms with Gasteiger partial charge in [-0.3, -0.25) is 5.21 Å². The highest BCUT2D eigenvalue weighted by atomic mass is 16.6. The van der Waals surface area contributed by atoms with E-state index in [1.165, 1.54) is 24.3 Å². The lowest BCUT2D eigenvalue weighted by Gasteiger charge is -2.33. The molecule has 0 aliphatic heterocycles. The number of aliphatic hydroxyl groups is 2. The second kappa shape index (κ2) is 12.6. The van der Waals surface area contributed by atoms with Crippen LogP contribution in [-0.2, 0) is 19.1 Å². The number of carbonyl (C=O) groups excluding carboxylic acids is 3. The van der Waals surface area contributed by atoms with Crippen molar-refractivity contribution in [2.45, 2.75) is 50.5 Å². The van der Waals surface area contributed by atoms with Crippen molar-refractivity contribution in [2.24, 2.45) is 9.98 Å². The van der Waals surface area contributed by atoms with Crippen LogP contribution in [0.2, 0.25) is 0 Å². The minimum Gasteiger partial charge on any atom is -0.454 e. The molecule has 1 aromatic rings. The number of hydroxylamine groups is 1. The van der Waals surface area contributed by atoms with Gasteiger partial charge in [-0.25, -0.2) is 24.4 Å². The molecule has 29 heavy (non-hydrogen) atoms. The summed E-state index contributed by atoms with van der Waals surface area (Å²) in [5.41, 5.74) is -2.30. The van der Waals surface area contributed by atoms with Crippen molar-refractivity contribution in [1.29, 1.82) is 0 Å². The molecule has 0 saturated heterocycles. The molecule has 10 nitrogen and oxygen atoms in total. The molecule has 0 bridgehead atoms. The Morgan fingerprint density at radius 3 is 2.48 bits per heavy atom. The van der Waals surface area contributed by atoms with E-state index in [9.17, 15) is 29.8 Å². The van der Waals surface area contributed by atoms with Crippen LogP contribution in [0.5, 0.6) is 0 Å². The topological polar surface area (TPSA) is 149 Å². The molecule has 1 aromatic carbocycles. The summed E-state index contributed by atoms with van der Waals surface area (Å²) in [6.45, 7) is 0.713. The minimum absolute atomic E-state index is 0.149. The van der Waals surface area contributed by atoms with Crippen LogP contribution in [-0.4, -0.2) is 64.6 Å². The third kappa shape index (κ3) is 7.57. The number of benzene rings is 1. The first kappa shape index (κ1) is 24.2. The van der Waals surface area contributed by atoms with Crippen LogP contribution in [0.15, 0.2) is 40.3 Å². The number of rotatable bonds is 13. The number of nitrogens with zero attached hydrogens (tertiary/aromatic N) is 3. The first-order chi connectivity index (χ1) is 13.9. The fourth-order valence-electron chi connectivity index (χ4n) is 2.56. The van der Waals surface area contributed by atoms with Gasteiger partial charge in [-0.2, -0.15) is 4.99 Å². The number of isocyanates is 2. The van der Waals surface area contributed by atoms with Crippen LogP contribution in [0.25, 0.3) is 0 Å². The summed E-state index contributed by atoms with van der Waals surface area (Å²) in [5, 5.41) is 30.5. The number of aliphatic imine (C=N–C) groups is 2. The van der Waals surface area contributed by atoms with Gasteiger partial charge in [0.15, 0.2) is 0 Å². The fraction of sp³-hybridized carbons (Fsp3) is 0.526. The first-order valence-corrected chi connectivity index (χ1v) is 9.07. The minimum atomic E-state index is -2.45. The molecule has 0 aliphatic carbocycles. The van der Waals surface area contributed by atoms with E-state index < -0.39 is 30.4 Å².